The van der Waals surface area contributed by atoms with Crippen molar-refractivity contribution < 1.29 is 0 Å². The Morgan fingerprint density at radius 3 is 2.62 bits per heavy atom. The SMILES string of the molecule is CCNC1CCC(N2CCSCC2C)CC1. The monoisotopic (exact) mass is 242 g/mol. The molecule has 0 spiro atoms. The van der Waals surface area contributed by atoms with Gasteiger partial charge in [0, 0.05) is 36.2 Å². The van der Waals surface area contributed by atoms with Crippen molar-refractivity contribution in [3.8, 4) is 0 Å². The Balaban J connectivity index is 1.79. The van der Waals surface area contributed by atoms with Crippen LogP contribution in [0.4, 0.5) is 0 Å². The maximum Gasteiger partial charge on any atom is 0.0161 e. The molecule has 1 unspecified atom stereocenters. The van der Waals surface area contributed by atoms with Crippen LogP contribution in [0.2, 0.25) is 0 Å². The Morgan fingerprint density at radius 1 is 1.25 bits per heavy atom. The Hall–Kier alpha value is 0.270. The highest BCUT2D eigenvalue weighted by Gasteiger charge is 2.29. The molecule has 0 radical (unpaired) electrons. The van der Waals surface area contributed by atoms with Gasteiger partial charge in [-0.1, -0.05) is 6.92 Å². The summed E-state index contributed by atoms with van der Waals surface area (Å²) < 4.78 is 0. The van der Waals surface area contributed by atoms with Crippen molar-refractivity contribution >= 4 is 11.8 Å². The summed E-state index contributed by atoms with van der Waals surface area (Å²) >= 11 is 2.13. The predicted molar refractivity (Wildman–Crippen MR) is 73.2 cm³/mol. The van der Waals surface area contributed by atoms with Crippen LogP contribution >= 0.6 is 11.8 Å². The average molecular weight is 242 g/mol. The smallest absolute Gasteiger partial charge is 0.0161 e. The molecule has 16 heavy (non-hydrogen) atoms. The first-order valence-corrected chi connectivity index (χ1v) is 8.03. The summed E-state index contributed by atoms with van der Waals surface area (Å²) in [5.74, 6) is 2.69. The summed E-state index contributed by atoms with van der Waals surface area (Å²) in [6, 6.07) is 2.49. The van der Waals surface area contributed by atoms with Gasteiger partial charge in [-0.25, -0.2) is 0 Å². The molecule has 2 aliphatic rings. The molecular weight excluding hydrogens is 216 g/mol. The number of hydrogen-bond acceptors (Lipinski definition) is 3. The van der Waals surface area contributed by atoms with Crippen molar-refractivity contribution in [3.05, 3.63) is 0 Å². The zero-order chi connectivity index (χ0) is 11.4. The van der Waals surface area contributed by atoms with E-state index in [-0.39, 0.29) is 0 Å². The average Bonchev–Trinajstić information content (AvgIpc) is 2.31. The van der Waals surface area contributed by atoms with Crippen LogP contribution in [0.5, 0.6) is 0 Å². The lowest BCUT2D eigenvalue weighted by molar-refractivity contribution is 0.117. The Kier molecular flexibility index (Phi) is 4.98. The van der Waals surface area contributed by atoms with E-state index in [0.29, 0.717) is 0 Å². The van der Waals surface area contributed by atoms with Crippen LogP contribution in [0.3, 0.4) is 0 Å². The molecule has 1 N–H and O–H groups in total. The highest BCUT2D eigenvalue weighted by molar-refractivity contribution is 7.99. The van der Waals surface area contributed by atoms with Crippen molar-refractivity contribution in [3.63, 3.8) is 0 Å². The van der Waals surface area contributed by atoms with Gasteiger partial charge in [0.1, 0.15) is 0 Å². The molecule has 2 nitrogen and oxygen atoms in total. The number of nitrogens with zero attached hydrogens (tertiary/aromatic N) is 1. The Bertz CT molecular complexity index is 202. The second-order valence-electron chi connectivity index (χ2n) is 5.22. The molecule has 1 aliphatic carbocycles. The van der Waals surface area contributed by atoms with Crippen LogP contribution in [0.25, 0.3) is 0 Å². The first kappa shape index (κ1) is 12.7. The normalized spacial score (nSPS) is 37.5. The molecule has 0 amide bonds. The molecule has 1 aliphatic heterocycles. The van der Waals surface area contributed by atoms with Gasteiger partial charge >= 0.3 is 0 Å². The summed E-state index contributed by atoms with van der Waals surface area (Å²) in [6.07, 6.45) is 5.59. The van der Waals surface area contributed by atoms with E-state index in [1.54, 1.807) is 0 Å². The van der Waals surface area contributed by atoms with E-state index in [1.165, 1.54) is 43.7 Å². The van der Waals surface area contributed by atoms with Gasteiger partial charge in [-0.3, -0.25) is 4.90 Å². The van der Waals surface area contributed by atoms with Gasteiger partial charge in [0.25, 0.3) is 0 Å². The second kappa shape index (κ2) is 6.27. The van der Waals surface area contributed by atoms with E-state index < -0.39 is 0 Å². The van der Waals surface area contributed by atoms with E-state index in [1.807, 2.05) is 0 Å². The van der Waals surface area contributed by atoms with Crippen molar-refractivity contribution in [2.45, 2.75) is 57.7 Å². The molecule has 94 valence electrons. The third-order valence-corrected chi connectivity index (χ3v) is 5.27. The Labute approximate surface area is 105 Å². The van der Waals surface area contributed by atoms with Gasteiger partial charge in [-0.2, -0.15) is 11.8 Å². The number of hydrogen-bond donors (Lipinski definition) is 1. The maximum atomic E-state index is 3.60. The maximum absolute atomic E-state index is 3.60. The third-order valence-electron chi connectivity index (χ3n) is 4.08. The molecule has 1 saturated carbocycles. The highest BCUT2D eigenvalue weighted by atomic mass is 32.2. The summed E-state index contributed by atoms with van der Waals surface area (Å²) in [7, 11) is 0. The molecule has 0 aromatic heterocycles. The molecule has 0 aromatic carbocycles. The minimum atomic E-state index is 0.802. The fraction of sp³-hybridized carbons (Fsp3) is 1.00. The van der Waals surface area contributed by atoms with E-state index in [4.69, 9.17) is 0 Å². The molecular formula is C13H26N2S. The van der Waals surface area contributed by atoms with E-state index >= 15 is 0 Å². The molecule has 2 fully saturated rings. The van der Waals surface area contributed by atoms with Gasteiger partial charge in [0.05, 0.1) is 0 Å². The van der Waals surface area contributed by atoms with Gasteiger partial charge in [-0.05, 0) is 39.2 Å². The lowest BCUT2D eigenvalue weighted by Gasteiger charge is -2.42. The largest absolute Gasteiger partial charge is 0.314 e. The fourth-order valence-corrected chi connectivity index (χ4v) is 4.22. The zero-order valence-electron chi connectivity index (χ0n) is 10.7. The first-order chi connectivity index (χ1) is 7.81. The molecule has 1 atom stereocenters. The predicted octanol–water partition coefficient (Wildman–Crippen LogP) is 2.34. The van der Waals surface area contributed by atoms with Crippen LogP contribution in [-0.4, -0.2) is 47.6 Å². The van der Waals surface area contributed by atoms with E-state index in [9.17, 15) is 0 Å². The van der Waals surface area contributed by atoms with Gasteiger partial charge < -0.3 is 5.32 Å². The number of thioether (sulfide) groups is 1. The third kappa shape index (κ3) is 3.14. The summed E-state index contributed by atoms with van der Waals surface area (Å²) in [6.45, 7) is 7.08. The Morgan fingerprint density at radius 2 is 2.00 bits per heavy atom. The van der Waals surface area contributed by atoms with Gasteiger partial charge in [-0.15, -0.1) is 0 Å². The highest BCUT2D eigenvalue weighted by Crippen LogP contribution is 2.27. The quantitative estimate of drug-likeness (QED) is 0.818. The van der Waals surface area contributed by atoms with Crippen LogP contribution in [0, 0.1) is 0 Å². The first-order valence-electron chi connectivity index (χ1n) is 6.88. The lowest BCUT2D eigenvalue weighted by atomic mass is 9.89. The second-order valence-corrected chi connectivity index (χ2v) is 6.37. The summed E-state index contributed by atoms with van der Waals surface area (Å²) in [5.41, 5.74) is 0. The van der Waals surface area contributed by atoms with Gasteiger partial charge in [0.2, 0.25) is 0 Å². The molecule has 1 heterocycles. The van der Waals surface area contributed by atoms with Gasteiger partial charge in [0.15, 0.2) is 0 Å². The van der Waals surface area contributed by atoms with Crippen LogP contribution in [0.15, 0.2) is 0 Å². The topological polar surface area (TPSA) is 15.3 Å². The van der Waals surface area contributed by atoms with E-state index in [0.717, 1.165) is 24.7 Å². The van der Waals surface area contributed by atoms with Crippen molar-refractivity contribution in [2.24, 2.45) is 0 Å². The van der Waals surface area contributed by atoms with Crippen LogP contribution in [-0.2, 0) is 0 Å². The van der Waals surface area contributed by atoms with E-state index in [2.05, 4.69) is 35.8 Å². The number of nitrogens with one attached hydrogen (secondary N) is 1. The van der Waals surface area contributed by atoms with Crippen LogP contribution in [0.1, 0.15) is 39.5 Å². The molecule has 3 heteroatoms. The lowest BCUT2D eigenvalue weighted by Crippen LogP contribution is -2.49. The molecule has 2 rings (SSSR count). The molecule has 0 bridgehead atoms. The standard InChI is InChI=1S/C13H26N2S/c1-3-14-12-4-6-13(7-5-12)15-8-9-16-10-11(15)2/h11-14H,3-10H2,1-2H3. The zero-order valence-corrected chi connectivity index (χ0v) is 11.6. The minimum Gasteiger partial charge on any atom is -0.314 e. The molecule has 0 aromatic rings. The van der Waals surface area contributed by atoms with Crippen molar-refractivity contribution in [1.29, 1.82) is 0 Å². The number of rotatable bonds is 3. The van der Waals surface area contributed by atoms with Crippen molar-refractivity contribution in [2.75, 3.05) is 24.6 Å². The minimum absolute atomic E-state index is 0.802. The van der Waals surface area contributed by atoms with Crippen molar-refractivity contribution in [1.82, 2.24) is 10.2 Å². The summed E-state index contributed by atoms with van der Waals surface area (Å²) in [5, 5.41) is 3.60. The van der Waals surface area contributed by atoms with Crippen LogP contribution < -0.4 is 5.32 Å². The molecule has 1 saturated heterocycles. The fourth-order valence-electron chi connectivity index (χ4n) is 3.18. The summed E-state index contributed by atoms with van der Waals surface area (Å²) in [4.78, 5) is 2.78.